The monoisotopic (exact) mass is 259 g/mol. The molecule has 1 N–H and O–H groups in total. The Morgan fingerprint density at radius 1 is 1.37 bits per heavy atom. The maximum absolute atomic E-state index is 8.72. The molecule has 1 fully saturated rings. The summed E-state index contributed by atoms with van der Waals surface area (Å²) in [5.74, 6) is 5.63. The van der Waals surface area contributed by atoms with Gasteiger partial charge in [0.05, 0.1) is 0 Å². The molecule has 2 rings (SSSR count). The number of nitrogens with zero attached hydrogens (tertiary/aromatic N) is 1. The summed E-state index contributed by atoms with van der Waals surface area (Å²) in [6, 6.07) is 8.83. The second-order valence-corrected chi connectivity index (χ2v) is 4.92. The maximum Gasteiger partial charge on any atom is 0.104 e. The summed E-state index contributed by atoms with van der Waals surface area (Å²) >= 11 is 0. The summed E-state index contributed by atoms with van der Waals surface area (Å²) < 4.78 is 5.39. The molecule has 3 heteroatoms. The van der Waals surface area contributed by atoms with Gasteiger partial charge in [-0.1, -0.05) is 24.0 Å². The third kappa shape index (κ3) is 4.36. The van der Waals surface area contributed by atoms with Crippen LogP contribution in [0.1, 0.15) is 24.0 Å². The topological polar surface area (TPSA) is 32.7 Å². The van der Waals surface area contributed by atoms with Gasteiger partial charge in [-0.2, -0.15) is 0 Å². The highest BCUT2D eigenvalue weighted by Gasteiger charge is 2.18. The lowest BCUT2D eigenvalue weighted by molar-refractivity contribution is 0.0407. The van der Waals surface area contributed by atoms with Crippen molar-refractivity contribution in [2.75, 3.05) is 26.9 Å². The standard InChI is InChI=1S/C16H21NO2/c1-17(16-7-10-19-11-8-16)13-15-5-2-4-14(12-15)6-3-9-18/h2,4-5,12,16,18H,7-11,13H2,1H3. The van der Waals surface area contributed by atoms with Crippen molar-refractivity contribution in [3.63, 3.8) is 0 Å². The molecule has 102 valence electrons. The molecule has 1 saturated heterocycles. The first-order chi connectivity index (χ1) is 9.29. The lowest BCUT2D eigenvalue weighted by atomic mass is 10.1. The molecule has 1 aromatic carbocycles. The molecule has 0 radical (unpaired) electrons. The van der Waals surface area contributed by atoms with Crippen molar-refractivity contribution < 1.29 is 9.84 Å². The molecule has 0 unspecified atom stereocenters. The van der Waals surface area contributed by atoms with Crippen LogP contribution < -0.4 is 0 Å². The fraction of sp³-hybridized carbons (Fsp3) is 0.500. The molecule has 1 aliphatic heterocycles. The van der Waals surface area contributed by atoms with Crippen molar-refractivity contribution in [3.8, 4) is 11.8 Å². The summed E-state index contributed by atoms with van der Waals surface area (Å²) in [4.78, 5) is 2.39. The van der Waals surface area contributed by atoms with E-state index in [0.29, 0.717) is 6.04 Å². The van der Waals surface area contributed by atoms with Gasteiger partial charge in [0.1, 0.15) is 6.61 Å². The van der Waals surface area contributed by atoms with E-state index in [-0.39, 0.29) is 6.61 Å². The van der Waals surface area contributed by atoms with E-state index < -0.39 is 0 Å². The highest BCUT2D eigenvalue weighted by Crippen LogP contribution is 2.16. The molecule has 1 aliphatic rings. The van der Waals surface area contributed by atoms with Crippen molar-refractivity contribution in [2.24, 2.45) is 0 Å². The third-order valence-electron chi connectivity index (χ3n) is 3.48. The lowest BCUT2D eigenvalue weighted by Crippen LogP contribution is -2.36. The first-order valence-corrected chi connectivity index (χ1v) is 6.76. The Kier molecular flexibility index (Phi) is 5.41. The highest BCUT2D eigenvalue weighted by atomic mass is 16.5. The van der Waals surface area contributed by atoms with Gasteiger partial charge >= 0.3 is 0 Å². The number of hydrogen-bond acceptors (Lipinski definition) is 3. The molecule has 1 heterocycles. The molecule has 19 heavy (non-hydrogen) atoms. The summed E-state index contributed by atoms with van der Waals surface area (Å²) in [5.41, 5.74) is 2.23. The van der Waals surface area contributed by atoms with Crippen LogP contribution in [0.2, 0.25) is 0 Å². The Balaban J connectivity index is 1.97. The van der Waals surface area contributed by atoms with E-state index in [1.54, 1.807) is 0 Å². The van der Waals surface area contributed by atoms with Crippen LogP contribution in [0.5, 0.6) is 0 Å². The molecular formula is C16H21NO2. The fourth-order valence-corrected chi connectivity index (χ4v) is 2.43. The molecule has 0 aliphatic carbocycles. The quantitative estimate of drug-likeness (QED) is 0.838. The summed E-state index contributed by atoms with van der Waals surface area (Å²) in [7, 11) is 2.17. The van der Waals surface area contributed by atoms with Crippen LogP contribution in [-0.4, -0.2) is 42.9 Å². The summed E-state index contributed by atoms with van der Waals surface area (Å²) in [5, 5.41) is 8.72. The number of aliphatic hydroxyl groups excluding tert-OH is 1. The smallest absolute Gasteiger partial charge is 0.104 e. The van der Waals surface area contributed by atoms with Crippen LogP contribution >= 0.6 is 0 Å². The Bertz CT molecular complexity index is 455. The predicted octanol–water partition coefficient (Wildman–Crippen LogP) is 1.64. The van der Waals surface area contributed by atoms with Crippen molar-refractivity contribution in [3.05, 3.63) is 35.4 Å². The molecule has 0 atom stereocenters. The normalized spacial score (nSPS) is 16.2. The van der Waals surface area contributed by atoms with Crippen LogP contribution in [-0.2, 0) is 11.3 Å². The van der Waals surface area contributed by atoms with Crippen molar-refractivity contribution in [1.82, 2.24) is 4.90 Å². The molecule has 0 saturated carbocycles. The molecule has 3 nitrogen and oxygen atoms in total. The second kappa shape index (κ2) is 7.30. The minimum atomic E-state index is -0.0911. The van der Waals surface area contributed by atoms with Gasteiger partial charge < -0.3 is 9.84 Å². The van der Waals surface area contributed by atoms with Crippen LogP contribution in [0.15, 0.2) is 24.3 Å². The number of rotatable bonds is 3. The van der Waals surface area contributed by atoms with E-state index in [1.165, 1.54) is 5.56 Å². The van der Waals surface area contributed by atoms with E-state index in [2.05, 4.69) is 35.9 Å². The molecule has 0 amide bonds. The van der Waals surface area contributed by atoms with Crippen molar-refractivity contribution >= 4 is 0 Å². The zero-order valence-electron chi connectivity index (χ0n) is 11.4. The van der Waals surface area contributed by atoms with E-state index in [4.69, 9.17) is 9.84 Å². The number of benzene rings is 1. The predicted molar refractivity (Wildman–Crippen MR) is 75.7 cm³/mol. The Morgan fingerprint density at radius 3 is 2.89 bits per heavy atom. The van der Waals surface area contributed by atoms with Gasteiger partial charge in [0.15, 0.2) is 0 Å². The number of aliphatic hydroxyl groups is 1. The molecule has 1 aromatic rings. The Labute approximate surface area is 115 Å². The molecular weight excluding hydrogens is 238 g/mol. The highest BCUT2D eigenvalue weighted by molar-refractivity contribution is 5.37. The van der Waals surface area contributed by atoms with Gasteiger partial charge in [0, 0.05) is 31.4 Å². The first-order valence-electron chi connectivity index (χ1n) is 6.76. The first kappa shape index (κ1) is 14.1. The van der Waals surface area contributed by atoms with Crippen molar-refractivity contribution in [1.29, 1.82) is 0 Å². The average Bonchev–Trinajstić information content (AvgIpc) is 2.46. The number of ether oxygens (including phenoxy) is 1. The minimum Gasteiger partial charge on any atom is -0.384 e. The Morgan fingerprint density at radius 2 is 2.16 bits per heavy atom. The second-order valence-electron chi connectivity index (χ2n) is 4.92. The molecule has 0 aromatic heterocycles. The van der Waals surface area contributed by atoms with Gasteiger partial charge in [-0.25, -0.2) is 0 Å². The maximum atomic E-state index is 8.72. The SMILES string of the molecule is CN(Cc1cccc(C#CCO)c1)C1CCOCC1. The average molecular weight is 259 g/mol. The van der Waals surface area contributed by atoms with Gasteiger partial charge in [-0.3, -0.25) is 4.90 Å². The largest absolute Gasteiger partial charge is 0.384 e. The van der Waals surface area contributed by atoms with E-state index in [0.717, 1.165) is 38.2 Å². The third-order valence-corrected chi connectivity index (χ3v) is 3.48. The fourth-order valence-electron chi connectivity index (χ4n) is 2.43. The van der Waals surface area contributed by atoms with Crippen LogP contribution in [0.4, 0.5) is 0 Å². The van der Waals surface area contributed by atoms with Gasteiger partial charge in [0.25, 0.3) is 0 Å². The zero-order valence-corrected chi connectivity index (χ0v) is 11.4. The van der Waals surface area contributed by atoms with Crippen LogP contribution in [0.25, 0.3) is 0 Å². The number of hydrogen-bond donors (Lipinski definition) is 1. The van der Waals surface area contributed by atoms with Gasteiger partial charge in [-0.15, -0.1) is 0 Å². The lowest BCUT2D eigenvalue weighted by Gasteiger charge is -2.31. The minimum absolute atomic E-state index is 0.0911. The van der Waals surface area contributed by atoms with Crippen LogP contribution in [0, 0.1) is 11.8 Å². The van der Waals surface area contributed by atoms with Gasteiger partial charge in [0.2, 0.25) is 0 Å². The van der Waals surface area contributed by atoms with E-state index in [1.807, 2.05) is 12.1 Å². The van der Waals surface area contributed by atoms with Crippen molar-refractivity contribution in [2.45, 2.75) is 25.4 Å². The molecule has 0 bridgehead atoms. The van der Waals surface area contributed by atoms with E-state index >= 15 is 0 Å². The molecule has 0 spiro atoms. The Hall–Kier alpha value is -1.34. The summed E-state index contributed by atoms with van der Waals surface area (Å²) in [6.07, 6.45) is 2.22. The van der Waals surface area contributed by atoms with Crippen LogP contribution in [0.3, 0.4) is 0 Å². The zero-order chi connectivity index (χ0) is 13.5. The van der Waals surface area contributed by atoms with Gasteiger partial charge in [-0.05, 0) is 37.6 Å². The summed E-state index contributed by atoms with van der Waals surface area (Å²) in [6.45, 7) is 2.58. The van der Waals surface area contributed by atoms with E-state index in [9.17, 15) is 0 Å².